The van der Waals surface area contributed by atoms with Gasteiger partial charge in [0, 0.05) is 24.7 Å². The first kappa shape index (κ1) is 24.0. The monoisotopic (exact) mass is 406 g/mol. The van der Waals surface area contributed by atoms with Gasteiger partial charge in [-0.1, -0.05) is 50.5 Å². The molecule has 3 N–H and O–H groups in total. The Balaban J connectivity index is 1.83. The number of ketones is 2. The number of hydrogen-bond donors (Lipinski definition) is 3. The lowest BCUT2D eigenvalue weighted by Crippen LogP contribution is -2.20. The van der Waals surface area contributed by atoms with Crippen molar-refractivity contribution >= 4 is 11.6 Å². The molecule has 0 aliphatic heterocycles. The predicted octanol–water partition coefficient (Wildman–Crippen LogP) is 3.36. The molecule has 2 rings (SSSR count). The number of aliphatic hydroxyl groups is 3. The number of unbranched alkanes of at least 4 members (excludes halogenated alkanes) is 1. The van der Waals surface area contributed by atoms with E-state index in [0.717, 1.165) is 19.3 Å². The Kier molecular flexibility index (Phi) is 10.3. The topological polar surface area (TPSA) is 94.8 Å². The summed E-state index contributed by atoms with van der Waals surface area (Å²) in [5.41, 5.74) is 0. The molecule has 2 fully saturated rings. The minimum absolute atomic E-state index is 0.0446. The smallest absolute Gasteiger partial charge is 0.158 e. The number of carbonyl (C=O) groups is 2. The van der Waals surface area contributed by atoms with E-state index in [0.29, 0.717) is 25.2 Å². The molecule has 0 spiro atoms. The van der Waals surface area contributed by atoms with Crippen LogP contribution in [-0.2, 0) is 9.59 Å². The summed E-state index contributed by atoms with van der Waals surface area (Å²) in [5.74, 6) is 0.397. The minimum Gasteiger partial charge on any atom is -0.392 e. The van der Waals surface area contributed by atoms with Crippen molar-refractivity contribution < 1.29 is 24.9 Å². The average Bonchev–Trinajstić information content (AvgIpc) is 3.27. The van der Waals surface area contributed by atoms with E-state index in [1.165, 1.54) is 19.3 Å². The van der Waals surface area contributed by atoms with Gasteiger partial charge in [-0.25, -0.2) is 0 Å². The van der Waals surface area contributed by atoms with Crippen LogP contribution in [-0.4, -0.2) is 45.7 Å². The number of Topliss-reactive ketones (excluding diaryl/α,β-unsaturated/α-hetero) is 2. The number of hydrogen-bond acceptors (Lipinski definition) is 5. The van der Waals surface area contributed by atoms with Crippen molar-refractivity contribution in [1.29, 1.82) is 0 Å². The highest BCUT2D eigenvalue weighted by Gasteiger charge is 2.39. The lowest BCUT2D eigenvalue weighted by Gasteiger charge is -2.18. The van der Waals surface area contributed by atoms with Crippen molar-refractivity contribution in [2.24, 2.45) is 23.7 Å². The highest BCUT2D eigenvalue weighted by Crippen LogP contribution is 2.37. The summed E-state index contributed by atoms with van der Waals surface area (Å²) in [6.45, 7) is 1.80. The maximum absolute atomic E-state index is 12.3. The normalized spacial score (nSPS) is 31.3. The van der Waals surface area contributed by atoms with Gasteiger partial charge in [-0.05, 0) is 43.9 Å². The first-order valence-corrected chi connectivity index (χ1v) is 11.3. The van der Waals surface area contributed by atoms with Gasteiger partial charge in [0.15, 0.2) is 5.78 Å². The highest BCUT2D eigenvalue weighted by atomic mass is 16.3. The summed E-state index contributed by atoms with van der Waals surface area (Å²) in [4.78, 5) is 23.4. The summed E-state index contributed by atoms with van der Waals surface area (Å²) < 4.78 is 0. The fraction of sp³-hybridized carbons (Fsp3) is 0.750. The molecule has 29 heavy (non-hydrogen) atoms. The predicted molar refractivity (Wildman–Crippen MR) is 113 cm³/mol. The van der Waals surface area contributed by atoms with E-state index in [-0.39, 0.29) is 35.7 Å². The lowest BCUT2D eigenvalue weighted by atomic mass is 9.89. The van der Waals surface area contributed by atoms with Crippen molar-refractivity contribution in [2.75, 3.05) is 6.61 Å². The average molecular weight is 407 g/mol. The summed E-state index contributed by atoms with van der Waals surface area (Å²) >= 11 is 0. The summed E-state index contributed by atoms with van der Waals surface area (Å²) in [5, 5.41) is 29.5. The third-order valence-electron chi connectivity index (χ3n) is 6.59. The SMILES string of the molecule is CCCC1CCC([C@H](O)/C=C/[C@H]2C(=O)C[C@H](O)[C@@H]2C/C=C\CCCC(=O)CO)C1. The molecule has 0 aromatic carbocycles. The Hall–Kier alpha value is -1.30. The molecule has 0 aromatic rings. The lowest BCUT2D eigenvalue weighted by molar-refractivity contribution is -0.122. The number of aliphatic hydroxyl groups excluding tert-OH is 3. The third kappa shape index (κ3) is 7.47. The Labute approximate surface area is 174 Å². The van der Waals surface area contributed by atoms with Gasteiger partial charge in [0.1, 0.15) is 12.4 Å². The molecule has 2 aliphatic rings. The van der Waals surface area contributed by atoms with Crippen LogP contribution in [0.2, 0.25) is 0 Å². The number of rotatable bonds is 12. The fourth-order valence-electron chi connectivity index (χ4n) is 4.88. The highest BCUT2D eigenvalue weighted by molar-refractivity contribution is 5.86. The maximum Gasteiger partial charge on any atom is 0.158 e. The summed E-state index contributed by atoms with van der Waals surface area (Å²) in [6.07, 6.45) is 14.7. The van der Waals surface area contributed by atoms with Crippen LogP contribution in [0.15, 0.2) is 24.3 Å². The molecule has 0 bridgehead atoms. The van der Waals surface area contributed by atoms with Crippen LogP contribution in [0.5, 0.6) is 0 Å². The van der Waals surface area contributed by atoms with Gasteiger partial charge in [0.25, 0.3) is 0 Å². The van der Waals surface area contributed by atoms with Crippen LogP contribution in [0.1, 0.15) is 71.1 Å². The van der Waals surface area contributed by atoms with Crippen LogP contribution in [0, 0.1) is 23.7 Å². The molecule has 0 saturated heterocycles. The van der Waals surface area contributed by atoms with Crippen molar-refractivity contribution in [2.45, 2.75) is 83.3 Å². The molecule has 0 aromatic heterocycles. The van der Waals surface area contributed by atoms with E-state index in [2.05, 4.69) is 6.92 Å². The second-order valence-electron chi connectivity index (χ2n) is 8.83. The first-order chi connectivity index (χ1) is 14.0. The quantitative estimate of drug-likeness (QED) is 0.341. The van der Waals surface area contributed by atoms with E-state index in [9.17, 15) is 19.8 Å². The summed E-state index contributed by atoms with van der Waals surface area (Å²) in [7, 11) is 0. The molecular weight excluding hydrogens is 368 g/mol. The molecule has 0 radical (unpaired) electrons. The van der Waals surface area contributed by atoms with Gasteiger partial charge in [-0.2, -0.15) is 0 Å². The molecule has 2 saturated carbocycles. The van der Waals surface area contributed by atoms with Crippen LogP contribution in [0.3, 0.4) is 0 Å². The van der Waals surface area contributed by atoms with Gasteiger partial charge < -0.3 is 15.3 Å². The van der Waals surface area contributed by atoms with Gasteiger partial charge >= 0.3 is 0 Å². The van der Waals surface area contributed by atoms with Gasteiger partial charge in [-0.3, -0.25) is 9.59 Å². The number of carbonyl (C=O) groups excluding carboxylic acids is 2. The number of allylic oxidation sites excluding steroid dienone is 3. The molecule has 0 heterocycles. The van der Waals surface area contributed by atoms with E-state index >= 15 is 0 Å². The van der Waals surface area contributed by atoms with Crippen molar-refractivity contribution in [3.05, 3.63) is 24.3 Å². The first-order valence-electron chi connectivity index (χ1n) is 11.3. The molecule has 6 atom stereocenters. The van der Waals surface area contributed by atoms with E-state index < -0.39 is 18.8 Å². The second kappa shape index (κ2) is 12.4. The second-order valence-corrected chi connectivity index (χ2v) is 8.83. The Morgan fingerprint density at radius 1 is 1.28 bits per heavy atom. The van der Waals surface area contributed by atoms with Gasteiger partial charge in [0.05, 0.1) is 12.2 Å². The Bertz CT molecular complexity index is 582. The zero-order valence-electron chi connectivity index (χ0n) is 17.7. The standard InChI is InChI=1S/C24H38O5/c1-2-7-17-10-11-18(14-17)22(27)13-12-21-20(23(28)15-24(21)29)9-6-4-3-5-8-19(26)16-25/h4,6,12-13,17-18,20-23,25,27-28H,2-3,5,7-11,14-16H2,1H3/b6-4-,13-12+/t17?,18?,20-,21-,22-,23+/m1/s1. The fourth-order valence-corrected chi connectivity index (χ4v) is 4.88. The minimum atomic E-state index is -0.643. The van der Waals surface area contributed by atoms with Crippen LogP contribution >= 0.6 is 0 Å². The maximum atomic E-state index is 12.3. The molecule has 0 amide bonds. The van der Waals surface area contributed by atoms with Crippen LogP contribution in [0.25, 0.3) is 0 Å². The van der Waals surface area contributed by atoms with Gasteiger partial charge in [-0.15, -0.1) is 0 Å². The largest absolute Gasteiger partial charge is 0.392 e. The van der Waals surface area contributed by atoms with E-state index in [4.69, 9.17) is 5.11 Å². The molecule has 5 heteroatoms. The van der Waals surface area contributed by atoms with Crippen LogP contribution in [0.4, 0.5) is 0 Å². The summed E-state index contributed by atoms with van der Waals surface area (Å²) in [6, 6.07) is 0. The van der Waals surface area contributed by atoms with Crippen LogP contribution < -0.4 is 0 Å². The molecular formula is C24H38O5. The Morgan fingerprint density at radius 3 is 2.79 bits per heavy atom. The third-order valence-corrected chi connectivity index (χ3v) is 6.59. The molecule has 5 nitrogen and oxygen atoms in total. The van der Waals surface area contributed by atoms with Gasteiger partial charge in [0.2, 0.25) is 0 Å². The molecule has 2 aliphatic carbocycles. The zero-order chi connectivity index (χ0) is 21.2. The van der Waals surface area contributed by atoms with Crippen molar-refractivity contribution in [3.8, 4) is 0 Å². The zero-order valence-corrected chi connectivity index (χ0v) is 17.7. The Morgan fingerprint density at radius 2 is 2.07 bits per heavy atom. The molecule has 2 unspecified atom stereocenters. The van der Waals surface area contributed by atoms with Crippen molar-refractivity contribution in [1.82, 2.24) is 0 Å². The molecule has 164 valence electrons. The van der Waals surface area contributed by atoms with Crippen molar-refractivity contribution in [3.63, 3.8) is 0 Å². The van der Waals surface area contributed by atoms with E-state index in [1.807, 2.05) is 18.2 Å². The van der Waals surface area contributed by atoms with E-state index in [1.54, 1.807) is 6.08 Å².